The number of ether oxygens (including phenoxy) is 2. The first-order chi connectivity index (χ1) is 10.8. The number of sulfone groups is 1. The van der Waals surface area contributed by atoms with Gasteiger partial charge in [0, 0.05) is 13.2 Å². The lowest BCUT2D eigenvalue weighted by Gasteiger charge is -2.34. The van der Waals surface area contributed by atoms with Crippen LogP contribution in [0.3, 0.4) is 0 Å². The maximum atomic E-state index is 12.8. The normalized spacial score (nSPS) is 32.8. The highest BCUT2D eigenvalue weighted by molar-refractivity contribution is 7.91. The molecular formula is C16H23NO5S. The van der Waals surface area contributed by atoms with Gasteiger partial charge in [0.25, 0.3) is 0 Å². The Bertz CT molecular complexity index is 656. The summed E-state index contributed by atoms with van der Waals surface area (Å²) in [6.45, 7) is 4.03. The fourth-order valence-electron chi connectivity index (χ4n) is 3.54. The van der Waals surface area contributed by atoms with Crippen molar-refractivity contribution < 1.29 is 23.0 Å². The van der Waals surface area contributed by atoms with E-state index in [1.54, 1.807) is 30.3 Å². The van der Waals surface area contributed by atoms with E-state index in [2.05, 4.69) is 5.32 Å². The number of aliphatic hydroxyl groups excluding tert-OH is 1. The standard InChI is InChI=1S/C16H23NO5S/c1-15(2)21-13-10-17-16(8-9-18,14(13)22-15)11-23(19,20)12-6-4-3-5-7-12/h3-7,13-14,17-18H,8-11H2,1-2H3/t13-,14-,16+/m1/s1. The van der Waals surface area contributed by atoms with Crippen molar-refractivity contribution in [3.05, 3.63) is 30.3 Å². The zero-order chi connectivity index (χ0) is 16.7. The van der Waals surface area contributed by atoms with Crippen LogP contribution >= 0.6 is 0 Å². The van der Waals surface area contributed by atoms with Gasteiger partial charge in [-0.2, -0.15) is 0 Å². The van der Waals surface area contributed by atoms with Crippen molar-refractivity contribution in [3.8, 4) is 0 Å². The van der Waals surface area contributed by atoms with E-state index in [1.165, 1.54) is 0 Å². The molecule has 0 saturated carbocycles. The first-order valence-electron chi connectivity index (χ1n) is 7.77. The van der Waals surface area contributed by atoms with Crippen molar-refractivity contribution in [2.75, 3.05) is 18.9 Å². The molecular weight excluding hydrogens is 318 g/mol. The van der Waals surface area contributed by atoms with E-state index in [0.717, 1.165) is 0 Å². The van der Waals surface area contributed by atoms with E-state index in [4.69, 9.17) is 9.47 Å². The van der Waals surface area contributed by atoms with Crippen molar-refractivity contribution in [3.63, 3.8) is 0 Å². The summed E-state index contributed by atoms with van der Waals surface area (Å²) in [4.78, 5) is 0.278. The van der Waals surface area contributed by atoms with Gasteiger partial charge in [0.05, 0.1) is 16.2 Å². The molecule has 0 radical (unpaired) electrons. The third-order valence-corrected chi connectivity index (χ3v) is 6.38. The van der Waals surface area contributed by atoms with Crippen LogP contribution in [0, 0.1) is 0 Å². The van der Waals surface area contributed by atoms with Crippen LogP contribution in [0.15, 0.2) is 35.2 Å². The molecule has 2 aliphatic rings. The van der Waals surface area contributed by atoms with Gasteiger partial charge in [-0.15, -0.1) is 0 Å². The lowest BCUT2D eigenvalue weighted by molar-refractivity contribution is -0.158. The summed E-state index contributed by atoms with van der Waals surface area (Å²) < 4.78 is 37.4. The minimum atomic E-state index is -3.51. The average Bonchev–Trinajstić information content (AvgIpc) is 2.95. The molecule has 3 atom stereocenters. The fraction of sp³-hybridized carbons (Fsp3) is 0.625. The number of hydrogen-bond donors (Lipinski definition) is 2. The number of rotatable bonds is 5. The van der Waals surface area contributed by atoms with Gasteiger partial charge in [-0.3, -0.25) is 0 Å². The third-order valence-electron chi connectivity index (χ3n) is 4.49. The second-order valence-electron chi connectivity index (χ2n) is 6.68. The zero-order valence-corrected chi connectivity index (χ0v) is 14.2. The minimum Gasteiger partial charge on any atom is -0.396 e. The predicted molar refractivity (Wildman–Crippen MR) is 84.8 cm³/mol. The van der Waals surface area contributed by atoms with Crippen molar-refractivity contribution in [2.45, 2.75) is 48.7 Å². The molecule has 0 bridgehead atoms. The van der Waals surface area contributed by atoms with Crippen LogP contribution in [-0.2, 0) is 19.3 Å². The van der Waals surface area contributed by atoms with Crippen LogP contribution < -0.4 is 5.32 Å². The number of fused-ring (bicyclic) bond motifs is 1. The van der Waals surface area contributed by atoms with Crippen molar-refractivity contribution in [2.24, 2.45) is 0 Å². The molecule has 0 unspecified atom stereocenters. The highest BCUT2D eigenvalue weighted by Gasteiger charge is 2.58. The molecule has 0 amide bonds. The monoisotopic (exact) mass is 341 g/mol. The summed E-state index contributed by atoms with van der Waals surface area (Å²) in [5.41, 5.74) is -0.845. The molecule has 1 aromatic rings. The van der Waals surface area contributed by atoms with E-state index in [-0.39, 0.29) is 23.4 Å². The summed E-state index contributed by atoms with van der Waals surface area (Å²) in [7, 11) is -3.51. The molecule has 3 rings (SSSR count). The topological polar surface area (TPSA) is 84.9 Å². The maximum absolute atomic E-state index is 12.8. The Morgan fingerprint density at radius 1 is 1.26 bits per heavy atom. The van der Waals surface area contributed by atoms with Crippen LogP contribution in [0.1, 0.15) is 20.3 Å². The van der Waals surface area contributed by atoms with E-state index >= 15 is 0 Å². The maximum Gasteiger partial charge on any atom is 0.180 e. The Hall–Kier alpha value is -0.990. The second-order valence-corrected chi connectivity index (χ2v) is 8.67. The lowest BCUT2D eigenvalue weighted by atomic mass is 9.92. The van der Waals surface area contributed by atoms with Gasteiger partial charge in [-0.1, -0.05) is 18.2 Å². The number of aliphatic hydroxyl groups is 1. The van der Waals surface area contributed by atoms with Crippen LogP contribution in [-0.4, -0.2) is 56.0 Å². The Kier molecular flexibility index (Phi) is 4.27. The van der Waals surface area contributed by atoms with Crippen LogP contribution in [0.25, 0.3) is 0 Å². The van der Waals surface area contributed by atoms with Crippen molar-refractivity contribution in [1.82, 2.24) is 5.32 Å². The van der Waals surface area contributed by atoms with Gasteiger partial charge in [-0.25, -0.2) is 8.42 Å². The van der Waals surface area contributed by atoms with E-state index in [0.29, 0.717) is 13.0 Å². The molecule has 7 heteroatoms. The number of hydrogen-bond acceptors (Lipinski definition) is 6. The molecule has 6 nitrogen and oxygen atoms in total. The molecule has 0 aromatic heterocycles. The van der Waals surface area contributed by atoms with E-state index in [9.17, 15) is 13.5 Å². The van der Waals surface area contributed by atoms with Crippen LogP contribution in [0.4, 0.5) is 0 Å². The van der Waals surface area contributed by atoms with Crippen molar-refractivity contribution >= 4 is 9.84 Å². The molecule has 2 aliphatic heterocycles. The molecule has 1 aromatic carbocycles. The van der Waals surface area contributed by atoms with Gasteiger partial charge in [0.15, 0.2) is 15.6 Å². The molecule has 2 heterocycles. The van der Waals surface area contributed by atoms with Crippen LogP contribution in [0.2, 0.25) is 0 Å². The molecule has 0 aliphatic carbocycles. The SMILES string of the molecule is CC1(C)O[C@@H]2[C@@H](CN[C@@]2(CCO)CS(=O)(=O)c2ccccc2)O1. The highest BCUT2D eigenvalue weighted by Crippen LogP contribution is 2.40. The van der Waals surface area contributed by atoms with Crippen LogP contribution in [0.5, 0.6) is 0 Å². The first-order valence-corrected chi connectivity index (χ1v) is 9.43. The Labute approximate surface area is 136 Å². The quantitative estimate of drug-likeness (QED) is 0.820. The van der Waals surface area contributed by atoms with Gasteiger partial charge in [0.1, 0.15) is 12.2 Å². The van der Waals surface area contributed by atoms with Gasteiger partial charge in [-0.05, 0) is 32.4 Å². The van der Waals surface area contributed by atoms with Gasteiger partial charge < -0.3 is 19.9 Å². The predicted octanol–water partition coefficient (Wildman–Crippen LogP) is 0.705. The number of nitrogens with one attached hydrogen (secondary N) is 1. The molecule has 2 N–H and O–H groups in total. The number of benzene rings is 1. The summed E-state index contributed by atoms with van der Waals surface area (Å²) in [6, 6.07) is 8.36. The van der Waals surface area contributed by atoms with Gasteiger partial charge >= 0.3 is 0 Å². The average molecular weight is 341 g/mol. The molecule has 23 heavy (non-hydrogen) atoms. The Morgan fingerprint density at radius 3 is 2.61 bits per heavy atom. The molecule has 2 fully saturated rings. The van der Waals surface area contributed by atoms with Crippen molar-refractivity contribution in [1.29, 1.82) is 0 Å². The third kappa shape index (κ3) is 3.16. The summed E-state index contributed by atoms with van der Waals surface area (Å²) in [6.07, 6.45) is -0.315. The molecule has 128 valence electrons. The van der Waals surface area contributed by atoms with Gasteiger partial charge in [0.2, 0.25) is 0 Å². The summed E-state index contributed by atoms with van der Waals surface area (Å²) >= 11 is 0. The van der Waals surface area contributed by atoms with E-state index in [1.807, 2.05) is 13.8 Å². The fourth-order valence-corrected chi connectivity index (χ4v) is 5.37. The molecule has 0 spiro atoms. The van der Waals surface area contributed by atoms with E-state index < -0.39 is 27.3 Å². The largest absolute Gasteiger partial charge is 0.396 e. The molecule has 2 saturated heterocycles. The minimum absolute atomic E-state index is 0.121. The Morgan fingerprint density at radius 2 is 1.96 bits per heavy atom. The zero-order valence-electron chi connectivity index (χ0n) is 13.4. The second kappa shape index (κ2) is 5.82. The Balaban J connectivity index is 1.91. The lowest BCUT2D eigenvalue weighted by Crippen LogP contribution is -2.55. The smallest absolute Gasteiger partial charge is 0.180 e. The summed E-state index contributed by atoms with van der Waals surface area (Å²) in [5.74, 6) is -0.875. The summed E-state index contributed by atoms with van der Waals surface area (Å²) in [5, 5.41) is 12.7. The first kappa shape index (κ1) is 16.9. The highest BCUT2D eigenvalue weighted by atomic mass is 32.2.